The Morgan fingerprint density at radius 3 is 2.31 bits per heavy atom. The van der Waals surface area contributed by atoms with Gasteiger partial charge in [-0.1, -0.05) is 0 Å². The van der Waals surface area contributed by atoms with Gasteiger partial charge in [0.2, 0.25) is 0 Å². The summed E-state index contributed by atoms with van der Waals surface area (Å²) in [6, 6.07) is 0. The average Bonchev–Trinajstić information content (AvgIpc) is 1.83. The van der Waals surface area contributed by atoms with Crippen LogP contribution in [0.5, 0.6) is 0 Å². The number of alkyl halides is 3. The molecule has 0 fully saturated rings. The molecule has 0 bridgehead atoms. The van der Waals surface area contributed by atoms with Crippen LogP contribution in [0.2, 0.25) is 0 Å². The topological polar surface area (TPSA) is 46.5 Å². The van der Waals surface area contributed by atoms with Crippen molar-refractivity contribution < 1.29 is 31.5 Å². The van der Waals surface area contributed by atoms with Crippen LogP contribution in [0.4, 0.5) is 17.6 Å². The summed E-state index contributed by atoms with van der Waals surface area (Å²) >= 11 is 0. The molecule has 2 atom stereocenters. The summed E-state index contributed by atoms with van der Waals surface area (Å²) in [6.45, 7) is 0.551. The fraction of sp³-hybridized carbons (Fsp3) is 0.600. The molecule has 3 nitrogen and oxygen atoms in total. The highest BCUT2D eigenvalue weighted by Gasteiger charge is 2.40. The molecule has 0 rings (SSSR count). The maximum absolute atomic E-state index is 11.7. The Labute approximate surface area is 71.5 Å². The van der Waals surface area contributed by atoms with Crippen LogP contribution in [-0.4, -0.2) is 17.2 Å². The zero-order chi connectivity index (χ0) is 10.7. The first-order valence-corrected chi connectivity index (χ1v) is 4.69. The van der Waals surface area contributed by atoms with E-state index in [9.17, 15) is 22.1 Å². The van der Waals surface area contributed by atoms with Crippen molar-refractivity contribution in [3.63, 3.8) is 0 Å². The first-order valence-electron chi connectivity index (χ1n) is 3.04. The van der Waals surface area contributed by atoms with E-state index in [-0.39, 0.29) is 12.1 Å². The van der Waals surface area contributed by atoms with Crippen molar-refractivity contribution in [1.82, 2.24) is 0 Å². The molecule has 78 valence electrons. The molecule has 0 heterocycles. The lowest BCUT2D eigenvalue weighted by Gasteiger charge is -2.17. The lowest BCUT2D eigenvalue weighted by Crippen LogP contribution is -2.27. The molecule has 0 saturated heterocycles. The van der Waals surface area contributed by atoms with E-state index in [4.69, 9.17) is 4.89 Å². The zero-order valence-electron chi connectivity index (χ0n) is 6.45. The number of rotatable bonds is 3. The second-order valence-electron chi connectivity index (χ2n) is 2.13. The third-order valence-electron chi connectivity index (χ3n) is 1.01. The molecule has 0 amide bonds. The molecule has 0 aliphatic rings. The van der Waals surface area contributed by atoms with Crippen LogP contribution < -0.4 is 0 Å². The molecule has 0 aromatic rings. The number of hydrogen-bond donors (Lipinski definition) is 1. The van der Waals surface area contributed by atoms with Crippen molar-refractivity contribution in [2.24, 2.45) is 0 Å². The van der Waals surface area contributed by atoms with Gasteiger partial charge >= 0.3 is 13.8 Å². The lowest BCUT2D eigenvalue weighted by atomic mass is 10.4. The largest absolute Gasteiger partial charge is 0.414 e. The first kappa shape index (κ1) is 12.6. The summed E-state index contributed by atoms with van der Waals surface area (Å²) < 4.78 is 60.9. The minimum absolute atomic E-state index is 0.0369. The molecule has 0 aliphatic carbocycles. The highest BCUT2D eigenvalue weighted by Crippen LogP contribution is 2.47. The molecule has 1 N–H and O–H groups in total. The normalized spacial score (nSPS) is 20.2. The van der Waals surface area contributed by atoms with Gasteiger partial charge in [-0.15, -0.1) is 0 Å². The highest BCUT2D eigenvalue weighted by atomic mass is 31.2. The maximum atomic E-state index is 11.7. The van der Waals surface area contributed by atoms with Crippen LogP contribution in [-0.2, 0) is 9.09 Å². The third-order valence-corrected chi connectivity index (χ3v) is 2.12. The maximum Gasteiger partial charge on any atom is 0.414 e. The summed E-state index contributed by atoms with van der Waals surface area (Å²) in [7, 11) is -4.62. The van der Waals surface area contributed by atoms with Crippen LogP contribution in [0, 0.1) is 0 Å². The van der Waals surface area contributed by atoms with Gasteiger partial charge in [0.1, 0.15) is 0 Å². The SMILES string of the molecule is CC(OP(=O)(O)C=CF)C(F)(F)F. The summed E-state index contributed by atoms with van der Waals surface area (Å²) in [5.41, 5.74) is 0. The molecule has 0 radical (unpaired) electrons. The first-order chi connectivity index (χ1) is 5.69. The van der Waals surface area contributed by atoms with Crippen LogP contribution in [0.25, 0.3) is 0 Å². The van der Waals surface area contributed by atoms with E-state index in [2.05, 4.69) is 4.52 Å². The quantitative estimate of drug-likeness (QED) is 0.589. The van der Waals surface area contributed by atoms with E-state index in [0.29, 0.717) is 6.92 Å². The molecule has 0 aromatic heterocycles. The van der Waals surface area contributed by atoms with Crippen LogP contribution in [0.3, 0.4) is 0 Å². The van der Waals surface area contributed by atoms with Gasteiger partial charge in [0.15, 0.2) is 6.10 Å². The van der Waals surface area contributed by atoms with Gasteiger partial charge in [0.25, 0.3) is 0 Å². The monoisotopic (exact) mass is 222 g/mol. The summed E-state index contributed by atoms with van der Waals surface area (Å²) in [5, 5.41) is 0. The molecular weight excluding hydrogens is 215 g/mol. The second kappa shape index (κ2) is 4.21. The van der Waals surface area contributed by atoms with Crippen molar-refractivity contribution in [3.8, 4) is 0 Å². The third kappa shape index (κ3) is 5.02. The average molecular weight is 222 g/mol. The minimum atomic E-state index is -4.75. The fourth-order valence-corrected chi connectivity index (χ4v) is 1.18. The molecule has 0 saturated carbocycles. The van der Waals surface area contributed by atoms with E-state index < -0.39 is 19.9 Å². The van der Waals surface area contributed by atoms with Gasteiger partial charge in [-0.3, -0.25) is 9.09 Å². The number of halogens is 4. The van der Waals surface area contributed by atoms with Crippen molar-refractivity contribution in [2.75, 3.05) is 0 Å². The Bertz CT molecular complexity index is 236. The Kier molecular flexibility index (Phi) is 4.09. The molecule has 13 heavy (non-hydrogen) atoms. The molecule has 2 unspecified atom stereocenters. The molecular formula is C5H7F4O3P. The minimum Gasteiger partial charge on any atom is -0.321 e. The fourth-order valence-electron chi connectivity index (χ4n) is 0.393. The Hall–Kier alpha value is -0.390. The van der Waals surface area contributed by atoms with E-state index in [1.807, 2.05) is 0 Å². The Balaban J connectivity index is 4.37. The van der Waals surface area contributed by atoms with E-state index in [1.165, 1.54) is 0 Å². The standard InChI is InChI=1S/C5H7F4O3P/c1-4(5(7,8)9)12-13(10,11)3-2-6/h2-4H,1H3,(H,10,11). The predicted octanol–water partition coefficient (Wildman–Crippen LogP) is 2.58. The number of hydrogen-bond acceptors (Lipinski definition) is 2. The molecule has 0 aliphatic heterocycles. The summed E-state index contributed by atoms with van der Waals surface area (Å²) in [5.74, 6) is 0.0369. The zero-order valence-corrected chi connectivity index (χ0v) is 7.35. The molecule has 0 spiro atoms. The predicted molar refractivity (Wildman–Crippen MR) is 36.7 cm³/mol. The van der Waals surface area contributed by atoms with Gasteiger partial charge < -0.3 is 4.89 Å². The van der Waals surface area contributed by atoms with Gasteiger partial charge in [-0.2, -0.15) is 13.2 Å². The highest BCUT2D eigenvalue weighted by molar-refractivity contribution is 7.56. The molecule has 8 heteroatoms. The van der Waals surface area contributed by atoms with Crippen molar-refractivity contribution in [3.05, 3.63) is 12.1 Å². The van der Waals surface area contributed by atoms with Gasteiger partial charge in [-0.05, 0) is 6.92 Å². The summed E-state index contributed by atoms with van der Waals surface area (Å²) in [6.07, 6.45) is -7.51. The second-order valence-corrected chi connectivity index (χ2v) is 3.77. The summed E-state index contributed by atoms with van der Waals surface area (Å²) in [4.78, 5) is 8.55. The Morgan fingerprint density at radius 2 is 2.00 bits per heavy atom. The van der Waals surface area contributed by atoms with Crippen molar-refractivity contribution in [1.29, 1.82) is 0 Å². The van der Waals surface area contributed by atoms with Gasteiger partial charge in [-0.25, -0.2) is 4.39 Å². The van der Waals surface area contributed by atoms with Crippen LogP contribution in [0.1, 0.15) is 6.92 Å². The van der Waals surface area contributed by atoms with E-state index in [0.717, 1.165) is 0 Å². The van der Waals surface area contributed by atoms with E-state index >= 15 is 0 Å². The van der Waals surface area contributed by atoms with Crippen LogP contribution >= 0.6 is 7.60 Å². The van der Waals surface area contributed by atoms with E-state index in [1.54, 1.807) is 0 Å². The van der Waals surface area contributed by atoms with Crippen LogP contribution in [0.15, 0.2) is 12.1 Å². The lowest BCUT2D eigenvalue weighted by molar-refractivity contribution is -0.190. The van der Waals surface area contributed by atoms with Gasteiger partial charge in [0, 0.05) is 0 Å². The Morgan fingerprint density at radius 1 is 1.54 bits per heavy atom. The smallest absolute Gasteiger partial charge is 0.321 e. The molecule has 0 aromatic carbocycles. The van der Waals surface area contributed by atoms with Gasteiger partial charge in [0.05, 0.1) is 12.1 Å². The van der Waals surface area contributed by atoms with Crippen molar-refractivity contribution in [2.45, 2.75) is 19.2 Å². The van der Waals surface area contributed by atoms with Crippen molar-refractivity contribution >= 4 is 7.60 Å².